The molecule has 0 N–H and O–H groups in total. The average molecular weight is 423 g/mol. The van der Waals surface area contributed by atoms with Gasteiger partial charge < -0.3 is 14.2 Å². The Hall–Kier alpha value is -1.77. The Labute approximate surface area is 174 Å². The summed E-state index contributed by atoms with van der Waals surface area (Å²) in [7, 11) is 1.36. The van der Waals surface area contributed by atoms with Gasteiger partial charge in [0.05, 0.1) is 17.7 Å². The van der Waals surface area contributed by atoms with Crippen molar-refractivity contribution in [3.05, 3.63) is 47.0 Å². The van der Waals surface area contributed by atoms with Crippen molar-refractivity contribution in [3.63, 3.8) is 0 Å². The van der Waals surface area contributed by atoms with Gasteiger partial charge in [0.15, 0.2) is 5.52 Å². The van der Waals surface area contributed by atoms with E-state index in [0.29, 0.717) is 27.8 Å². The fraction of sp³-hybridized carbons (Fsp3) is 0.409. The van der Waals surface area contributed by atoms with E-state index >= 15 is 0 Å². The third-order valence-electron chi connectivity index (χ3n) is 3.46. The van der Waals surface area contributed by atoms with Crippen LogP contribution in [0.1, 0.15) is 51.9 Å². The lowest BCUT2D eigenvalue weighted by molar-refractivity contribution is 0.108. The Balaban J connectivity index is 2.40. The lowest BCUT2D eigenvalue weighted by Gasteiger charge is -2.26. The minimum absolute atomic E-state index is 0.106. The molecule has 0 saturated carbocycles. The molecule has 0 aliphatic rings. The van der Waals surface area contributed by atoms with E-state index in [4.69, 9.17) is 25.8 Å². The summed E-state index contributed by atoms with van der Waals surface area (Å²) in [5.41, 5.74) is -0.457. The van der Waals surface area contributed by atoms with Crippen LogP contribution in [0.4, 0.5) is 0 Å². The van der Waals surface area contributed by atoms with Gasteiger partial charge >= 0.3 is 0 Å². The predicted octanol–water partition coefficient (Wildman–Crippen LogP) is 5.85. The summed E-state index contributed by atoms with van der Waals surface area (Å²) in [6.45, 7) is 11.9. The summed E-state index contributed by atoms with van der Waals surface area (Å²) in [6.07, 6.45) is 0. The molecule has 28 heavy (non-hydrogen) atoms. The van der Waals surface area contributed by atoms with E-state index in [1.807, 2.05) is 59.7 Å². The molecule has 0 amide bonds. The molecule has 1 atom stereocenters. The third kappa shape index (κ3) is 6.39. The summed E-state index contributed by atoms with van der Waals surface area (Å²) in [5, 5.41) is 1.17. The lowest BCUT2D eigenvalue weighted by atomic mass is 10.2. The van der Waals surface area contributed by atoms with Crippen LogP contribution >= 0.6 is 20.2 Å². The van der Waals surface area contributed by atoms with Crippen molar-refractivity contribution in [2.45, 2.75) is 52.7 Å². The first kappa shape index (κ1) is 22.5. The number of benzene rings is 2. The van der Waals surface area contributed by atoms with Gasteiger partial charge in [-0.1, -0.05) is 17.7 Å². The van der Waals surface area contributed by atoms with Crippen LogP contribution in [0.2, 0.25) is 5.02 Å². The maximum absolute atomic E-state index is 13.0. The average Bonchev–Trinajstić information content (AvgIpc) is 2.53. The van der Waals surface area contributed by atoms with Crippen molar-refractivity contribution in [3.8, 4) is 17.2 Å². The van der Waals surface area contributed by atoms with E-state index in [9.17, 15) is 4.79 Å². The highest BCUT2D eigenvalue weighted by Gasteiger charge is 2.22. The number of ether oxygens (including phenoxy) is 3. The Morgan fingerprint density at radius 2 is 1.57 bits per heavy atom. The van der Waals surface area contributed by atoms with E-state index in [-0.39, 0.29) is 19.7 Å². The van der Waals surface area contributed by atoms with Crippen LogP contribution in [0.3, 0.4) is 0 Å². The first-order chi connectivity index (χ1) is 12.9. The molecule has 2 aromatic rings. The zero-order valence-corrected chi connectivity index (χ0v) is 19.2. The molecular weight excluding hydrogens is 395 g/mol. The topological polar surface area (TPSA) is 44.8 Å². The molecule has 152 valence electrons. The van der Waals surface area contributed by atoms with Crippen LogP contribution in [0.5, 0.6) is 17.2 Å². The van der Waals surface area contributed by atoms with Gasteiger partial charge in [0.25, 0.3) is 0 Å². The Kier molecular flexibility index (Phi) is 7.01. The molecular formula is C22H28ClO4P. The highest BCUT2D eigenvalue weighted by molar-refractivity contribution is 7.66. The molecule has 0 heterocycles. The zero-order chi connectivity index (χ0) is 21.1. The van der Waals surface area contributed by atoms with E-state index in [1.54, 1.807) is 18.2 Å². The van der Waals surface area contributed by atoms with E-state index in [2.05, 4.69) is 0 Å². The van der Waals surface area contributed by atoms with Crippen LogP contribution in [0, 0.1) is 0 Å². The fourth-order valence-electron chi connectivity index (χ4n) is 2.52. The van der Waals surface area contributed by atoms with Gasteiger partial charge in [-0.25, -0.2) is 0 Å². The van der Waals surface area contributed by atoms with Gasteiger partial charge in [-0.2, -0.15) is 0 Å². The Bertz CT molecular complexity index is 851. The summed E-state index contributed by atoms with van der Waals surface area (Å²) >= 11 is 6.27. The van der Waals surface area contributed by atoms with Crippen molar-refractivity contribution in [1.82, 2.24) is 0 Å². The maximum atomic E-state index is 13.0. The van der Waals surface area contributed by atoms with Crippen molar-refractivity contribution >= 4 is 31.0 Å². The zero-order valence-electron chi connectivity index (χ0n) is 17.5. The summed E-state index contributed by atoms with van der Waals surface area (Å²) in [6, 6.07) is 10.8. The second-order valence-corrected chi connectivity index (χ2v) is 10.0. The quantitative estimate of drug-likeness (QED) is 0.548. The number of carbonyl (C=O) groups excluding carboxylic acids is 1. The SMILES string of the molecule is COc1cccc(Cl)c1C(=O)Pc1ccc(OC(C)(C)C)cc1OC(C)(C)C. The molecule has 2 rings (SSSR count). The van der Waals surface area contributed by atoms with Gasteiger partial charge in [0.1, 0.15) is 28.5 Å². The standard InChI is InChI=1S/C22H28ClO4P/c1-21(2,3)26-14-11-12-18(17(13-14)27-22(4,5)6)28-20(24)19-15(23)9-8-10-16(19)25-7/h8-13,28H,1-7H3. The third-order valence-corrected chi connectivity index (χ3v) is 4.94. The van der Waals surface area contributed by atoms with Crippen LogP contribution in [0.25, 0.3) is 0 Å². The number of methoxy groups -OCH3 is 1. The van der Waals surface area contributed by atoms with Gasteiger partial charge in [-0.05, 0) is 74.4 Å². The smallest absolute Gasteiger partial charge is 0.190 e. The van der Waals surface area contributed by atoms with Gasteiger partial charge in [0.2, 0.25) is 0 Å². The van der Waals surface area contributed by atoms with E-state index < -0.39 is 5.60 Å². The molecule has 0 fully saturated rings. The number of hydrogen-bond acceptors (Lipinski definition) is 4. The van der Waals surface area contributed by atoms with Crippen LogP contribution < -0.4 is 19.5 Å². The first-order valence-corrected chi connectivity index (χ1v) is 10.4. The van der Waals surface area contributed by atoms with Gasteiger partial charge in [-0.15, -0.1) is 0 Å². The van der Waals surface area contributed by atoms with Gasteiger partial charge in [-0.3, -0.25) is 4.79 Å². The molecule has 0 radical (unpaired) electrons. The van der Waals surface area contributed by atoms with Gasteiger partial charge in [0, 0.05) is 11.4 Å². The number of rotatable bonds is 6. The Morgan fingerprint density at radius 1 is 0.929 bits per heavy atom. The van der Waals surface area contributed by atoms with Crippen molar-refractivity contribution in [2.24, 2.45) is 0 Å². The predicted molar refractivity (Wildman–Crippen MR) is 117 cm³/mol. The summed E-state index contributed by atoms with van der Waals surface area (Å²) in [4.78, 5) is 13.0. The second kappa shape index (κ2) is 8.71. The van der Waals surface area contributed by atoms with Crippen molar-refractivity contribution in [2.75, 3.05) is 7.11 Å². The molecule has 0 aliphatic carbocycles. The van der Waals surface area contributed by atoms with E-state index in [0.717, 1.165) is 5.30 Å². The van der Waals surface area contributed by atoms with Crippen LogP contribution in [0.15, 0.2) is 36.4 Å². The largest absolute Gasteiger partial charge is 0.496 e. The molecule has 6 heteroatoms. The van der Waals surface area contributed by atoms with Crippen LogP contribution in [-0.4, -0.2) is 23.8 Å². The van der Waals surface area contributed by atoms with E-state index in [1.165, 1.54) is 7.11 Å². The molecule has 0 saturated heterocycles. The summed E-state index contributed by atoms with van der Waals surface area (Å²) in [5.74, 6) is 1.80. The molecule has 0 aromatic heterocycles. The van der Waals surface area contributed by atoms with Crippen molar-refractivity contribution < 1.29 is 19.0 Å². The monoisotopic (exact) mass is 422 g/mol. The second-order valence-electron chi connectivity index (χ2n) is 8.36. The molecule has 0 aliphatic heterocycles. The minimum atomic E-state index is -0.412. The number of hydrogen-bond donors (Lipinski definition) is 0. The molecule has 0 bridgehead atoms. The molecule has 0 spiro atoms. The molecule has 4 nitrogen and oxygen atoms in total. The summed E-state index contributed by atoms with van der Waals surface area (Å²) < 4.78 is 17.4. The molecule has 1 unspecified atom stereocenters. The first-order valence-electron chi connectivity index (χ1n) is 9.05. The maximum Gasteiger partial charge on any atom is 0.190 e. The fourth-order valence-corrected chi connectivity index (χ4v) is 3.89. The van der Waals surface area contributed by atoms with Crippen molar-refractivity contribution in [1.29, 1.82) is 0 Å². The lowest BCUT2D eigenvalue weighted by Crippen LogP contribution is -2.26. The highest BCUT2D eigenvalue weighted by Crippen LogP contribution is 2.35. The normalized spacial score (nSPS) is 12.3. The molecule has 2 aromatic carbocycles. The number of halogens is 1. The van der Waals surface area contributed by atoms with Crippen LogP contribution in [-0.2, 0) is 0 Å². The Morgan fingerprint density at radius 3 is 2.14 bits per heavy atom. The minimum Gasteiger partial charge on any atom is -0.496 e. The highest BCUT2D eigenvalue weighted by atomic mass is 35.5. The number of carbonyl (C=O) groups is 1.